The molecule has 1 fully saturated rings. The van der Waals surface area contributed by atoms with Gasteiger partial charge in [0.1, 0.15) is 6.54 Å². The summed E-state index contributed by atoms with van der Waals surface area (Å²) in [5.74, 6) is -3.68. The molecule has 202 valence electrons. The molecule has 2 aromatic rings. The number of amides is 2. The summed E-state index contributed by atoms with van der Waals surface area (Å²) in [5, 5.41) is 13.1. The van der Waals surface area contributed by atoms with E-state index in [4.69, 9.17) is 33.0 Å². The first kappa shape index (κ1) is 29.6. The van der Waals surface area contributed by atoms with Crippen molar-refractivity contribution in [1.29, 1.82) is 0 Å². The highest BCUT2D eigenvalue weighted by molar-refractivity contribution is 6.30. The number of halogens is 4. The van der Waals surface area contributed by atoms with Crippen molar-refractivity contribution in [2.45, 2.75) is 57.4 Å². The van der Waals surface area contributed by atoms with Crippen molar-refractivity contribution < 1.29 is 32.7 Å². The fourth-order valence-corrected chi connectivity index (χ4v) is 3.64. The Morgan fingerprint density at radius 3 is 2.35 bits per heavy atom. The van der Waals surface area contributed by atoms with Gasteiger partial charge in [-0.05, 0) is 50.8 Å². The van der Waals surface area contributed by atoms with E-state index in [1.54, 1.807) is 25.1 Å². The Morgan fingerprint density at radius 2 is 1.81 bits per heavy atom. The van der Waals surface area contributed by atoms with Gasteiger partial charge in [0.05, 0.1) is 5.69 Å². The largest absolute Gasteiger partial charge is 0.490 e. The maximum atomic E-state index is 12.9. The van der Waals surface area contributed by atoms with Gasteiger partial charge >= 0.3 is 12.1 Å². The van der Waals surface area contributed by atoms with Crippen LogP contribution in [0.5, 0.6) is 0 Å². The van der Waals surface area contributed by atoms with E-state index >= 15 is 0 Å². The quantitative estimate of drug-likeness (QED) is 0.365. The zero-order valence-electron chi connectivity index (χ0n) is 19.6. The van der Waals surface area contributed by atoms with Gasteiger partial charge in [-0.3, -0.25) is 19.0 Å². The van der Waals surface area contributed by atoms with Gasteiger partial charge in [0.2, 0.25) is 11.8 Å². The number of nitrogens with two attached hydrogens (primary N) is 2. The summed E-state index contributed by atoms with van der Waals surface area (Å²) in [6.45, 7) is 1.37. The minimum absolute atomic E-state index is 0.0857. The molecule has 3 rings (SSSR count). The van der Waals surface area contributed by atoms with Crippen LogP contribution in [0.15, 0.2) is 29.1 Å². The number of nitrogens with zero attached hydrogens (tertiary/aromatic N) is 2. The molecule has 1 heterocycles. The molecule has 0 unspecified atom stereocenters. The van der Waals surface area contributed by atoms with Crippen LogP contribution in [0.2, 0.25) is 5.15 Å². The van der Waals surface area contributed by atoms with Crippen LogP contribution in [-0.4, -0.2) is 50.7 Å². The molecule has 15 heteroatoms. The number of rotatable bonds is 6. The summed E-state index contributed by atoms with van der Waals surface area (Å²) >= 11 is 6.22. The molecular weight excluding hydrogens is 521 g/mol. The molecule has 1 aromatic carbocycles. The number of nitrogens with one attached hydrogen (secondary N) is 2. The summed E-state index contributed by atoms with van der Waals surface area (Å²) in [6, 6.07) is 6.52. The van der Waals surface area contributed by atoms with Gasteiger partial charge in [0.15, 0.2) is 11.0 Å². The van der Waals surface area contributed by atoms with Crippen LogP contribution in [0.3, 0.4) is 0 Å². The number of primary amides is 1. The summed E-state index contributed by atoms with van der Waals surface area (Å²) in [7, 11) is 0. The Morgan fingerprint density at radius 1 is 1.22 bits per heavy atom. The third-order valence-corrected chi connectivity index (χ3v) is 5.81. The van der Waals surface area contributed by atoms with E-state index in [1.165, 1.54) is 10.6 Å². The molecule has 1 aliphatic carbocycles. The first-order valence-corrected chi connectivity index (χ1v) is 11.4. The number of anilines is 2. The highest BCUT2D eigenvalue weighted by atomic mass is 35.5. The Balaban J connectivity index is 0.000000604. The van der Waals surface area contributed by atoms with Gasteiger partial charge in [-0.25, -0.2) is 9.78 Å². The zero-order chi connectivity index (χ0) is 27.9. The van der Waals surface area contributed by atoms with Crippen LogP contribution in [0.25, 0.3) is 0 Å². The van der Waals surface area contributed by atoms with Gasteiger partial charge in [0, 0.05) is 23.3 Å². The third kappa shape index (κ3) is 8.75. The lowest BCUT2D eigenvalue weighted by Gasteiger charge is -2.27. The second-order valence-corrected chi connectivity index (χ2v) is 8.64. The Hall–Kier alpha value is -3.65. The molecule has 2 amide bonds. The van der Waals surface area contributed by atoms with Crippen molar-refractivity contribution in [2.75, 3.05) is 10.6 Å². The second kappa shape index (κ2) is 12.5. The highest BCUT2D eigenvalue weighted by Gasteiger charge is 2.38. The number of alkyl halides is 3. The first-order chi connectivity index (χ1) is 17.2. The van der Waals surface area contributed by atoms with Crippen molar-refractivity contribution in [3.8, 4) is 0 Å². The molecule has 1 aromatic heterocycles. The Labute approximate surface area is 214 Å². The van der Waals surface area contributed by atoms with E-state index in [2.05, 4.69) is 15.6 Å². The molecule has 1 saturated carbocycles. The molecule has 0 radical (unpaired) electrons. The van der Waals surface area contributed by atoms with Crippen molar-refractivity contribution >= 4 is 40.9 Å². The van der Waals surface area contributed by atoms with E-state index in [9.17, 15) is 27.6 Å². The van der Waals surface area contributed by atoms with Crippen LogP contribution in [0, 0.1) is 6.92 Å². The Kier molecular flexibility index (Phi) is 10.0. The van der Waals surface area contributed by atoms with E-state index < -0.39 is 29.5 Å². The lowest BCUT2D eigenvalue weighted by molar-refractivity contribution is -0.192. The minimum Gasteiger partial charge on any atom is -0.475 e. The van der Waals surface area contributed by atoms with Gasteiger partial charge < -0.3 is 27.2 Å². The maximum absolute atomic E-state index is 12.9. The van der Waals surface area contributed by atoms with Gasteiger partial charge in [0.25, 0.3) is 5.56 Å². The molecule has 7 N–H and O–H groups in total. The minimum atomic E-state index is -5.08. The average molecular weight is 547 g/mol. The van der Waals surface area contributed by atoms with E-state index in [1.807, 2.05) is 0 Å². The number of aromatic nitrogens is 2. The van der Waals surface area contributed by atoms with Crippen LogP contribution in [-0.2, 0) is 16.1 Å². The summed E-state index contributed by atoms with van der Waals surface area (Å²) < 4.78 is 33.0. The normalized spacial score (nSPS) is 17.2. The van der Waals surface area contributed by atoms with Gasteiger partial charge in [-0.1, -0.05) is 17.7 Å². The molecule has 1 aliphatic rings. The van der Waals surface area contributed by atoms with Gasteiger partial charge in [-0.2, -0.15) is 13.2 Å². The number of carbonyl (C=O) groups is 3. The number of hydrogen-bond acceptors (Lipinski definition) is 7. The van der Waals surface area contributed by atoms with Crippen LogP contribution >= 0.6 is 11.6 Å². The topological polar surface area (TPSA) is 182 Å². The number of carboxylic acids is 1. The van der Waals surface area contributed by atoms with Crippen LogP contribution in [0.4, 0.5) is 24.7 Å². The maximum Gasteiger partial charge on any atom is 0.490 e. The molecule has 0 atom stereocenters. The monoisotopic (exact) mass is 546 g/mol. The highest BCUT2D eigenvalue weighted by Crippen LogP contribution is 2.21. The zero-order valence-corrected chi connectivity index (χ0v) is 20.4. The summed E-state index contributed by atoms with van der Waals surface area (Å²) in [4.78, 5) is 49.8. The number of benzene rings is 1. The van der Waals surface area contributed by atoms with E-state index in [-0.39, 0.29) is 35.2 Å². The molecule has 0 spiro atoms. The predicted molar refractivity (Wildman–Crippen MR) is 129 cm³/mol. The lowest BCUT2D eigenvalue weighted by Crippen LogP contribution is -2.37. The van der Waals surface area contributed by atoms with Crippen molar-refractivity contribution in [1.82, 2.24) is 9.55 Å². The molecule has 37 heavy (non-hydrogen) atoms. The second-order valence-electron chi connectivity index (χ2n) is 8.28. The molecule has 11 nitrogen and oxygen atoms in total. The van der Waals surface area contributed by atoms with Crippen molar-refractivity contribution in [3.05, 3.63) is 51.0 Å². The lowest BCUT2D eigenvalue weighted by atomic mass is 9.92. The number of carboxylic acid groups (broad SMARTS) is 1. The Bertz CT molecular complexity index is 1210. The smallest absolute Gasteiger partial charge is 0.475 e. The predicted octanol–water partition coefficient (Wildman–Crippen LogP) is 2.26. The van der Waals surface area contributed by atoms with E-state index in [0.717, 1.165) is 25.7 Å². The molecule has 0 saturated heterocycles. The fraction of sp³-hybridized carbons (Fsp3) is 0.409. The van der Waals surface area contributed by atoms with Crippen LogP contribution in [0.1, 0.15) is 41.7 Å². The number of hydrogen-bond donors (Lipinski definition) is 5. The molecule has 0 bridgehead atoms. The van der Waals surface area contributed by atoms with Crippen LogP contribution < -0.4 is 27.7 Å². The summed E-state index contributed by atoms with van der Waals surface area (Å²) in [5.41, 5.74) is 11.8. The first-order valence-electron chi connectivity index (χ1n) is 11.0. The summed E-state index contributed by atoms with van der Waals surface area (Å²) in [6.07, 6.45) is -1.66. The van der Waals surface area contributed by atoms with Gasteiger partial charge in [-0.15, -0.1) is 0 Å². The molecule has 0 aliphatic heterocycles. The fourth-order valence-electron chi connectivity index (χ4n) is 3.45. The number of aliphatic carboxylic acids is 1. The van der Waals surface area contributed by atoms with Crippen molar-refractivity contribution in [2.24, 2.45) is 11.5 Å². The van der Waals surface area contributed by atoms with E-state index in [0.29, 0.717) is 11.4 Å². The standard InChI is InChI=1S/C20H25ClN6O3.C2HF3O2/c1-11-17(21)26-19(25-14-7-5-13(22)6-8-14)20(30)27(11)10-16(28)24-15-4-2-3-12(9-15)18(23)29;3-2(4,5)1(6)7/h2-4,9,13-14H,5-8,10,22H2,1H3,(H2,23,29)(H,24,28)(H,25,26);(H,6,7). The number of carbonyl (C=O) groups excluding carboxylic acids is 2. The molecular formula is C22H26ClF3N6O5. The SMILES string of the molecule is Cc1c(Cl)nc(NC2CCC(N)CC2)c(=O)n1CC(=O)Nc1cccc(C(N)=O)c1.O=C(O)C(F)(F)F. The third-order valence-electron chi connectivity index (χ3n) is 5.45. The van der Waals surface area contributed by atoms with Crippen molar-refractivity contribution in [3.63, 3.8) is 0 Å². The average Bonchev–Trinajstić information content (AvgIpc) is 2.81.